The predicted octanol–water partition coefficient (Wildman–Crippen LogP) is 3.17. The van der Waals surface area contributed by atoms with Crippen LogP contribution in [0.5, 0.6) is 5.75 Å². The molecule has 1 amide bonds. The van der Waals surface area contributed by atoms with Crippen LogP contribution in [0.15, 0.2) is 48.5 Å². The van der Waals surface area contributed by atoms with Gasteiger partial charge in [0.2, 0.25) is 0 Å². The zero-order valence-corrected chi connectivity index (χ0v) is 14.4. The van der Waals surface area contributed by atoms with E-state index in [-0.39, 0.29) is 16.8 Å². The number of methoxy groups -OCH3 is 1. The SMILES string of the molecule is COC(=O)c1ccc(C(=O)OCC(=O)Nc2ccc(OC(F)(F)F)cc2)cc1. The molecule has 0 unspecified atom stereocenters. The van der Waals surface area contributed by atoms with Gasteiger partial charge in [0.05, 0.1) is 18.2 Å². The van der Waals surface area contributed by atoms with Gasteiger partial charge in [0, 0.05) is 5.69 Å². The lowest BCUT2D eigenvalue weighted by Gasteiger charge is -2.10. The minimum Gasteiger partial charge on any atom is -0.465 e. The highest BCUT2D eigenvalue weighted by Crippen LogP contribution is 2.23. The Kier molecular flexibility index (Phi) is 6.59. The molecule has 0 heterocycles. The molecule has 2 aromatic rings. The quantitative estimate of drug-likeness (QED) is 0.753. The lowest BCUT2D eigenvalue weighted by Crippen LogP contribution is -2.21. The normalized spacial score (nSPS) is 10.7. The van der Waals surface area contributed by atoms with E-state index in [0.717, 1.165) is 12.1 Å². The highest BCUT2D eigenvalue weighted by molar-refractivity contribution is 5.96. The molecule has 2 aromatic carbocycles. The predicted molar refractivity (Wildman–Crippen MR) is 89.8 cm³/mol. The van der Waals surface area contributed by atoms with E-state index >= 15 is 0 Å². The first-order valence-electron chi connectivity index (χ1n) is 7.69. The van der Waals surface area contributed by atoms with Gasteiger partial charge in [-0.2, -0.15) is 0 Å². The van der Waals surface area contributed by atoms with Gasteiger partial charge in [0.25, 0.3) is 5.91 Å². The molecule has 10 heteroatoms. The first-order chi connectivity index (χ1) is 13.2. The smallest absolute Gasteiger partial charge is 0.465 e. The molecule has 0 bridgehead atoms. The van der Waals surface area contributed by atoms with Crippen molar-refractivity contribution in [1.82, 2.24) is 0 Å². The molecule has 0 saturated carbocycles. The number of ether oxygens (including phenoxy) is 3. The number of hydrogen-bond acceptors (Lipinski definition) is 6. The fourth-order valence-corrected chi connectivity index (χ4v) is 2.01. The van der Waals surface area contributed by atoms with E-state index in [4.69, 9.17) is 4.74 Å². The van der Waals surface area contributed by atoms with Crippen LogP contribution < -0.4 is 10.1 Å². The topological polar surface area (TPSA) is 90.9 Å². The molecule has 0 aliphatic heterocycles. The van der Waals surface area contributed by atoms with Crippen LogP contribution >= 0.6 is 0 Å². The number of nitrogens with one attached hydrogen (secondary N) is 1. The first-order valence-corrected chi connectivity index (χ1v) is 7.69. The Labute approximate surface area is 157 Å². The van der Waals surface area contributed by atoms with E-state index in [2.05, 4.69) is 14.8 Å². The second kappa shape index (κ2) is 8.89. The second-order valence-corrected chi connectivity index (χ2v) is 5.27. The number of carbonyl (C=O) groups is 3. The number of anilines is 1. The number of esters is 2. The monoisotopic (exact) mass is 397 g/mol. The third kappa shape index (κ3) is 6.31. The Morgan fingerprint density at radius 3 is 1.93 bits per heavy atom. The van der Waals surface area contributed by atoms with E-state index in [1.54, 1.807) is 0 Å². The number of alkyl halides is 3. The summed E-state index contributed by atoms with van der Waals surface area (Å²) in [5.74, 6) is -2.48. The van der Waals surface area contributed by atoms with Crippen LogP contribution in [0.3, 0.4) is 0 Å². The number of hydrogen-bond donors (Lipinski definition) is 1. The number of benzene rings is 2. The fraction of sp³-hybridized carbons (Fsp3) is 0.167. The van der Waals surface area contributed by atoms with Crippen LogP contribution in [0.25, 0.3) is 0 Å². The fourth-order valence-electron chi connectivity index (χ4n) is 2.01. The molecule has 7 nitrogen and oxygen atoms in total. The van der Waals surface area contributed by atoms with Crippen molar-refractivity contribution >= 4 is 23.5 Å². The summed E-state index contributed by atoms with van der Waals surface area (Å²) in [5, 5.41) is 2.36. The summed E-state index contributed by atoms with van der Waals surface area (Å²) in [6, 6.07) is 9.87. The maximum absolute atomic E-state index is 12.1. The van der Waals surface area contributed by atoms with Gasteiger partial charge < -0.3 is 19.5 Å². The van der Waals surface area contributed by atoms with Crippen molar-refractivity contribution in [2.45, 2.75) is 6.36 Å². The maximum Gasteiger partial charge on any atom is 0.573 e. The van der Waals surface area contributed by atoms with E-state index in [0.29, 0.717) is 0 Å². The summed E-state index contributed by atoms with van der Waals surface area (Å²) in [4.78, 5) is 35.0. The van der Waals surface area contributed by atoms with Gasteiger partial charge in [0.15, 0.2) is 6.61 Å². The van der Waals surface area contributed by atoms with Crippen LogP contribution in [0, 0.1) is 0 Å². The lowest BCUT2D eigenvalue weighted by molar-refractivity contribution is -0.274. The molecule has 0 atom stereocenters. The molecular formula is C18H14F3NO6. The average Bonchev–Trinajstić information content (AvgIpc) is 2.66. The molecule has 1 N–H and O–H groups in total. The van der Waals surface area contributed by atoms with Crippen molar-refractivity contribution in [3.63, 3.8) is 0 Å². The van der Waals surface area contributed by atoms with Gasteiger partial charge in [0.1, 0.15) is 5.75 Å². The van der Waals surface area contributed by atoms with Crippen molar-refractivity contribution in [2.24, 2.45) is 0 Å². The van der Waals surface area contributed by atoms with E-state index < -0.39 is 36.6 Å². The van der Waals surface area contributed by atoms with Gasteiger partial charge in [-0.05, 0) is 48.5 Å². The molecule has 0 fully saturated rings. The van der Waals surface area contributed by atoms with Crippen LogP contribution in [0.4, 0.5) is 18.9 Å². The summed E-state index contributed by atoms with van der Waals surface area (Å²) in [7, 11) is 1.22. The van der Waals surface area contributed by atoms with Crippen molar-refractivity contribution < 1.29 is 41.8 Å². The molecule has 0 aromatic heterocycles. The standard InChI is InChI=1S/C18H14F3NO6/c1-26-16(24)11-2-4-12(5-3-11)17(25)27-10-15(23)22-13-6-8-14(9-7-13)28-18(19,20)21/h2-9H,10H2,1H3,(H,22,23). The molecular weight excluding hydrogens is 383 g/mol. The lowest BCUT2D eigenvalue weighted by atomic mass is 10.1. The number of carbonyl (C=O) groups excluding carboxylic acids is 3. The Balaban J connectivity index is 1.84. The summed E-state index contributed by atoms with van der Waals surface area (Å²) in [5.41, 5.74) is 0.557. The summed E-state index contributed by atoms with van der Waals surface area (Å²) in [6.45, 7) is -0.613. The third-order valence-corrected chi connectivity index (χ3v) is 3.25. The highest BCUT2D eigenvalue weighted by atomic mass is 19.4. The van der Waals surface area contributed by atoms with Crippen molar-refractivity contribution in [2.75, 3.05) is 19.0 Å². The van der Waals surface area contributed by atoms with Crippen molar-refractivity contribution in [3.05, 3.63) is 59.7 Å². The molecule has 0 radical (unpaired) electrons. The summed E-state index contributed by atoms with van der Waals surface area (Å²) < 4.78 is 49.3. The molecule has 0 spiro atoms. The van der Waals surface area contributed by atoms with Crippen LogP contribution in [0.1, 0.15) is 20.7 Å². The van der Waals surface area contributed by atoms with E-state index in [1.807, 2.05) is 0 Å². The van der Waals surface area contributed by atoms with Gasteiger partial charge in [-0.3, -0.25) is 4.79 Å². The van der Waals surface area contributed by atoms with Gasteiger partial charge in [-0.1, -0.05) is 0 Å². The highest BCUT2D eigenvalue weighted by Gasteiger charge is 2.30. The van der Waals surface area contributed by atoms with Gasteiger partial charge in [-0.15, -0.1) is 13.2 Å². The van der Waals surface area contributed by atoms with E-state index in [1.165, 1.54) is 43.5 Å². The van der Waals surface area contributed by atoms with Gasteiger partial charge >= 0.3 is 18.3 Å². The number of halogens is 3. The first kappa shape index (κ1) is 20.7. The minimum absolute atomic E-state index is 0.120. The van der Waals surface area contributed by atoms with E-state index in [9.17, 15) is 27.6 Å². The van der Waals surface area contributed by atoms with Crippen molar-refractivity contribution in [1.29, 1.82) is 0 Å². The number of amides is 1. The molecule has 28 heavy (non-hydrogen) atoms. The third-order valence-electron chi connectivity index (χ3n) is 3.25. The van der Waals surface area contributed by atoms with Crippen LogP contribution in [0.2, 0.25) is 0 Å². The molecule has 148 valence electrons. The van der Waals surface area contributed by atoms with Crippen LogP contribution in [-0.4, -0.2) is 37.9 Å². The largest absolute Gasteiger partial charge is 0.573 e. The molecule has 2 rings (SSSR count). The minimum atomic E-state index is -4.81. The van der Waals surface area contributed by atoms with Crippen molar-refractivity contribution in [3.8, 4) is 5.75 Å². The second-order valence-electron chi connectivity index (χ2n) is 5.27. The maximum atomic E-state index is 12.1. The Morgan fingerprint density at radius 1 is 0.893 bits per heavy atom. The molecule has 0 aliphatic carbocycles. The Bertz CT molecular complexity index is 847. The van der Waals surface area contributed by atoms with Gasteiger partial charge in [-0.25, -0.2) is 9.59 Å². The zero-order chi connectivity index (χ0) is 20.7. The summed E-state index contributed by atoms with van der Waals surface area (Å²) >= 11 is 0. The van der Waals surface area contributed by atoms with Crippen LogP contribution in [-0.2, 0) is 14.3 Å². The number of rotatable bonds is 6. The Hall–Kier alpha value is -3.56. The average molecular weight is 397 g/mol. The molecule has 0 saturated heterocycles. The zero-order valence-electron chi connectivity index (χ0n) is 14.4. The Morgan fingerprint density at radius 2 is 1.43 bits per heavy atom. The molecule has 0 aliphatic rings. The summed E-state index contributed by atoms with van der Waals surface area (Å²) in [6.07, 6.45) is -4.81.